The zero-order chi connectivity index (χ0) is 22.9. The zero-order valence-corrected chi connectivity index (χ0v) is 20.6. The van der Waals surface area contributed by atoms with E-state index in [2.05, 4.69) is 4.99 Å². The number of nitrogens with two attached hydrogens (primary N) is 2. The number of aliphatic imine (C=N–C) groups is 1. The summed E-state index contributed by atoms with van der Waals surface area (Å²) >= 11 is 0. The minimum atomic E-state index is -4.51. The molecule has 2 aromatic carbocycles. The third-order valence-electron chi connectivity index (χ3n) is 4.52. The molecule has 2 unspecified atom stereocenters. The molecule has 2 rings (SSSR count). The number of nitrogens with zero attached hydrogens (tertiary/aromatic N) is 1. The molecule has 0 amide bonds. The number of aliphatic hydroxyl groups excluding tert-OH is 1. The predicted octanol–water partition coefficient (Wildman–Crippen LogP) is -1.47. The van der Waals surface area contributed by atoms with E-state index in [0.29, 0.717) is 17.7 Å². The van der Waals surface area contributed by atoms with E-state index in [1.165, 1.54) is 24.3 Å². The van der Waals surface area contributed by atoms with Gasteiger partial charge in [-0.15, -0.1) is 0 Å². The van der Waals surface area contributed by atoms with Gasteiger partial charge in [-0.1, -0.05) is 36.4 Å². The summed E-state index contributed by atoms with van der Waals surface area (Å²) < 4.78 is 40.2. The van der Waals surface area contributed by atoms with E-state index in [-0.39, 0.29) is 60.8 Å². The number of aliphatic hydroxyl groups is 1. The van der Waals surface area contributed by atoms with Crippen molar-refractivity contribution < 1.29 is 57.5 Å². The summed E-state index contributed by atoms with van der Waals surface area (Å²) in [6, 6.07) is 12.9. The third-order valence-corrected chi connectivity index (χ3v) is 5.76. The molecule has 2 aromatic rings. The van der Waals surface area contributed by atoms with Crippen LogP contribution >= 0.6 is 0 Å². The fraction of sp³-hybridized carbons (Fsp3) is 0.286. The van der Waals surface area contributed by atoms with Gasteiger partial charge in [-0.25, -0.2) is 13.4 Å². The van der Waals surface area contributed by atoms with E-state index in [1.54, 1.807) is 36.4 Å². The smallest absolute Gasteiger partial charge is 0.748 e. The molecule has 0 radical (unpaired) electrons. The van der Waals surface area contributed by atoms with Crippen molar-refractivity contribution in [1.29, 1.82) is 0 Å². The molecular formula is C21H26N3NaO6S. The van der Waals surface area contributed by atoms with Gasteiger partial charge in [0.1, 0.15) is 11.5 Å². The first kappa shape index (κ1) is 28.0. The normalized spacial score (nSPS) is 13.2. The van der Waals surface area contributed by atoms with Gasteiger partial charge in [0.25, 0.3) is 0 Å². The maximum Gasteiger partial charge on any atom is 1.00 e. The van der Waals surface area contributed by atoms with Gasteiger partial charge in [-0.3, -0.25) is 0 Å². The molecule has 0 saturated heterocycles. The van der Waals surface area contributed by atoms with Crippen LogP contribution in [0.1, 0.15) is 30.1 Å². The first-order valence-electron chi connectivity index (χ1n) is 9.50. The van der Waals surface area contributed by atoms with Crippen molar-refractivity contribution in [3.05, 3.63) is 71.8 Å². The van der Waals surface area contributed by atoms with Crippen LogP contribution in [0.25, 0.3) is 0 Å². The third kappa shape index (κ3) is 10.0. The number of aryl methyl sites for hydroxylation is 1. The van der Waals surface area contributed by atoms with E-state index in [0.717, 1.165) is 5.56 Å². The van der Waals surface area contributed by atoms with Crippen LogP contribution in [0.5, 0.6) is 11.5 Å². The number of rotatable bonds is 11. The Balaban J connectivity index is 0.00000512. The zero-order valence-electron chi connectivity index (χ0n) is 17.8. The first-order valence-corrected chi connectivity index (χ1v) is 11.0. The minimum absolute atomic E-state index is 0. The topological polar surface area (TPSA) is 171 Å². The van der Waals surface area contributed by atoms with Gasteiger partial charge in [0.05, 0.1) is 21.5 Å². The number of allylic oxidation sites excluding steroid dienone is 1. The summed E-state index contributed by atoms with van der Waals surface area (Å²) in [5.74, 6) is 0.546. The second-order valence-corrected chi connectivity index (χ2v) is 8.51. The molecule has 0 aliphatic rings. The molecule has 2 atom stereocenters. The van der Waals surface area contributed by atoms with Crippen LogP contribution < -0.4 is 45.8 Å². The van der Waals surface area contributed by atoms with Crippen LogP contribution in [0.15, 0.2) is 65.7 Å². The van der Waals surface area contributed by atoms with Crippen molar-refractivity contribution in [3.8, 4) is 11.5 Å². The molecule has 11 heteroatoms. The summed E-state index contributed by atoms with van der Waals surface area (Å²) in [6.45, 7) is -0.0134. The number of phenols is 1. The Morgan fingerprint density at radius 1 is 1.12 bits per heavy atom. The van der Waals surface area contributed by atoms with Gasteiger partial charge in [-0.05, 0) is 54.7 Å². The van der Waals surface area contributed by atoms with Crippen LogP contribution in [0.4, 0.5) is 0 Å². The summed E-state index contributed by atoms with van der Waals surface area (Å²) in [5.41, 5.74) is 11.8. The Morgan fingerprint density at radius 2 is 1.75 bits per heavy atom. The molecule has 0 aliphatic heterocycles. The van der Waals surface area contributed by atoms with Crippen molar-refractivity contribution in [2.75, 3.05) is 6.73 Å². The van der Waals surface area contributed by atoms with Crippen molar-refractivity contribution in [2.24, 2.45) is 16.5 Å². The van der Waals surface area contributed by atoms with Crippen molar-refractivity contribution in [1.82, 2.24) is 0 Å². The van der Waals surface area contributed by atoms with Gasteiger partial charge in [0.15, 0.2) is 12.7 Å². The molecule has 0 spiro atoms. The molecule has 0 heterocycles. The molecule has 9 nitrogen and oxygen atoms in total. The van der Waals surface area contributed by atoms with Gasteiger partial charge >= 0.3 is 29.6 Å². The molecule has 0 fully saturated rings. The van der Waals surface area contributed by atoms with Crippen molar-refractivity contribution >= 4 is 16.1 Å². The molecule has 168 valence electrons. The van der Waals surface area contributed by atoms with E-state index in [4.69, 9.17) is 16.2 Å². The standard InChI is InChI=1S/C21H27N3O6S.Na/c22-21(23)24-14-30-18-11-4-15(5-12-18)6-13-19(31(27,28)29)2-1-3-20(26)16-7-9-17(25)10-8-16;/h1,3-5,7-12,19-20,25-26H,2,6,13-14H2,(H4,22,23,24)(H,27,28,29);/q;+1/p-1. The van der Waals surface area contributed by atoms with E-state index in [9.17, 15) is 23.2 Å². The Hall–Kier alpha value is -2.08. The number of phenolic OH excluding ortho intramolecular Hbond substituents is 1. The maximum absolute atomic E-state index is 11.6. The fourth-order valence-electron chi connectivity index (χ4n) is 2.78. The second kappa shape index (κ2) is 13.5. The van der Waals surface area contributed by atoms with Crippen LogP contribution in [0.3, 0.4) is 0 Å². The number of benzene rings is 2. The fourth-order valence-corrected chi connectivity index (χ4v) is 3.54. The van der Waals surface area contributed by atoms with Gasteiger partial charge in [-0.2, -0.15) is 0 Å². The van der Waals surface area contributed by atoms with Crippen molar-refractivity contribution in [3.63, 3.8) is 0 Å². The quantitative estimate of drug-likeness (QED) is 0.101. The van der Waals surface area contributed by atoms with Crippen LogP contribution in [0.2, 0.25) is 0 Å². The number of hydrogen-bond acceptors (Lipinski definition) is 7. The van der Waals surface area contributed by atoms with Crippen LogP contribution in [-0.2, 0) is 16.5 Å². The number of aromatic hydroxyl groups is 1. The summed E-state index contributed by atoms with van der Waals surface area (Å²) in [6.07, 6.45) is 2.45. The van der Waals surface area contributed by atoms with Gasteiger partial charge in [0.2, 0.25) is 0 Å². The van der Waals surface area contributed by atoms with Crippen molar-refractivity contribution in [2.45, 2.75) is 30.6 Å². The van der Waals surface area contributed by atoms with E-state index in [1.807, 2.05) is 0 Å². The van der Waals surface area contributed by atoms with E-state index >= 15 is 0 Å². The van der Waals surface area contributed by atoms with Crippen LogP contribution in [0, 0.1) is 0 Å². The average molecular weight is 472 g/mol. The Kier molecular flexibility index (Phi) is 11.8. The number of ether oxygens (including phenoxy) is 1. The molecule has 32 heavy (non-hydrogen) atoms. The molecule has 0 bridgehead atoms. The Bertz CT molecular complexity index is 991. The summed E-state index contributed by atoms with van der Waals surface area (Å²) in [5, 5.41) is 18.3. The molecule has 0 aliphatic carbocycles. The molecule has 0 saturated carbocycles. The first-order chi connectivity index (χ1) is 14.6. The molecule has 0 aromatic heterocycles. The maximum atomic E-state index is 11.6. The van der Waals surface area contributed by atoms with Gasteiger partial charge < -0.3 is 31.0 Å². The molecule has 6 N–H and O–H groups in total. The Labute approximate surface area is 209 Å². The van der Waals surface area contributed by atoms with Gasteiger partial charge in [0, 0.05) is 0 Å². The SMILES string of the molecule is NC(N)=NCOc1ccc(CCC(CC=CC(O)c2ccc(O)cc2)S(=O)(=O)[O-])cc1.[Na+]. The summed E-state index contributed by atoms with van der Waals surface area (Å²) in [7, 11) is -4.51. The Morgan fingerprint density at radius 3 is 2.31 bits per heavy atom. The minimum Gasteiger partial charge on any atom is -0.748 e. The average Bonchev–Trinajstić information content (AvgIpc) is 2.70. The largest absolute Gasteiger partial charge is 1.00 e. The predicted molar refractivity (Wildman–Crippen MR) is 116 cm³/mol. The second-order valence-electron chi connectivity index (χ2n) is 6.85. The molecular weight excluding hydrogens is 445 g/mol. The number of hydrogen-bond donors (Lipinski definition) is 4. The van der Waals surface area contributed by atoms with Crippen LogP contribution in [-0.4, -0.2) is 41.1 Å². The number of guanidine groups is 1. The monoisotopic (exact) mass is 471 g/mol. The summed E-state index contributed by atoms with van der Waals surface area (Å²) in [4.78, 5) is 3.71. The van der Waals surface area contributed by atoms with E-state index < -0.39 is 21.5 Å².